The van der Waals surface area contributed by atoms with Gasteiger partial charge in [-0.3, -0.25) is 0 Å². The van der Waals surface area contributed by atoms with Crippen LogP contribution in [0.2, 0.25) is 0 Å². The first-order valence-electron chi connectivity index (χ1n) is 5.90. The Labute approximate surface area is 113 Å². The molecule has 0 spiro atoms. The van der Waals surface area contributed by atoms with E-state index in [1.54, 1.807) is 31.2 Å². The normalized spacial score (nSPS) is 11.1. The summed E-state index contributed by atoms with van der Waals surface area (Å²) in [6, 6.07) is 6.54. The van der Waals surface area contributed by atoms with Crippen molar-refractivity contribution >= 4 is 16.1 Å². The van der Waals surface area contributed by atoms with E-state index < -0.39 is 16.1 Å². The number of carbonyl (C=O) groups excluding carboxylic acids is 1. The maximum absolute atomic E-state index is 11.7. The molecule has 1 aromatic rings. The summed E-state index contributed by atoms with van der Waals surface area (Å²) in [6.45, 7) is 2.52. The fraction of sp³-hybridized carbons (Fsp3) is 0.417. The average molecular weight is 286 g/mol. The first-order chi connectivity index (χ1) is 8.99. The lowest BCUT2D eigenvalue weighted by Crippen LogP contribution is -2.25. The molecule has 0 radical (unpaired) electrons. The zero-order valence-electron chi connectivity index (χ0n) is 11.0. The molecule has 0 saturated carbocycles. The molecule has 106 valence electrons. The number of hydrogen-bond acceptors (Lipinski definition) is 4. The summed E-state index contributed by atoms with van der Waals surface area (Å²) in [5.41, 5.74) is 0.937. The van der Waals surface area contributed by atoms with Crippen LogP contribution in [0.4, 0.5) is 4.79 Å². The molecule has 1 rings (SSSR count). The number of benzene rings is 1. The third-order valence-electron chi connectivity index (χ3n) is 2.44. The van der Waals surface area contributed by atoms with Gasteiger partial charge in [-0.2, -0.15) is 0 Å². The molecule has 19 heavy (non-hydrogen) atoms. The van der Waals surface area contributed by atoms with Crippen LogP contribution in [0.3, 0.4) is 0 Å². The summed E-state index contributed by atoms with van der Waals surface area (Å²) in [4.78, 5) is 11.1. The van der Waals surface area contributed by atoms with E-state index in [0.717, 1.165) is 5.56 Å². The van der Waals surface area contributed by atoms with Crippen LogP contribution < -0.4 is 10.0 Å². The molecule has 0 unspecified atom stereocenters. The van der Waals surface area contributed by atoms with Crippen molar-refractivity contribution < 1.29 is 17.9 Å². The van der Waals surface area contributed by atoms with Gasteiger partial charge in [-0.05, 0) is 24.1 Å². The minimum Gasteiger partial charge on any atom is -0.453 e. The summed E-state index contributed by atoms with van der Waals surface area (Å²) in [6.07, 6.45) is 0.128. The molecule has 0 atom stereocenters. The van der Waals surface area contributed by atoms with Crippen molar-refractivity contribution in [3.05, 3.63) is 29.8 Å². The third kappa shape index (κ3) is 4.88. The summed E-state index contributed by atoms with van der Waals surface area (Å²) in [5.74, 6) is 0. The molecular formula is C12H18N2O4S. The topological polar surface area (TPSA) is 84.5 Å². The minimum atomic E-state index is -3.40. The van der Waals surface area contributed by atoms with Gasteiger partial charge in [0.05, 0.1) is 12.0 Å². The van der Waals surface area contributed by atoms with Gasteiger partial charge >= 0.3 is 6.09 Å². The van der Waals surface area contributed by atoms with Gasteiger partial charge in [0.25, 0.3) is 0 Å². The third-order valence-corrected chi connectivity index (χ3v) is 4.00. The molecule has 2 N–H and O–H groups in total. The van der Waals surface area contributed by atoms with Crippen molar-refractivity contribution in [1.82, 2.24) is 10.0 Å². The molecule has 7 heteroatoms. The van der Waals surface area contributed by atoms with Crippen molar-refractivity contribution in [2.45, 2.75) is 18.2 Å². The van der Waals surface area contributed by atoms with Gasteiger partial charge in [0, 0.05) is 13.1 Å². The van der Waals surface area contributed by atoms with Gasteiger partial charge in [0.2, 0.25) is 10.0 Å². The molecule has 0 aromatic heterocycles. The highest BCUT2D eigenvalue weighted by molar-refractivity contribution is 7.89. The second-order valence-corrected chi connectivity index (χ2v) is 5.58. The lowest BCUT2D eigenvalue weighted by molar-refractivity contribution is 0.171. The summed E-state index contributed by atoms with van der Waals surface area (Å²) in [5, 5.41) is 2.55. The Balaban J connectivity index is 2.59. The van der Waals surface area contributed by atoms with Gasteiger partial charge in [-0.1, -0.05) is 19.1 Å². The summed E-state index contributed by atoms with van der Waals surface area (Å²) in [7, 11) is -2.10. The fourth-order valence-electron chi connectivity index (χ4n) is 1.49. The molecule has 0 heterocycles. The van der Waals surface area contributed by atoms with Crippen molar-refractivity contribution in [3.63, 3.8) is 0 Å². The zero-order valence-corrected chi connectivity index (χ0v) is 11.8. The molecule has 0 aliphatic heterocycles. The van der Waals surface area contributed by atoms with Crippen LogP contribution in [0.1, 0.15) is 12.5 Å². The second kappa shape index (κ2) is 7.10. The smallest absolute Gasteiger partial charge is 0.406 e. The Morgan fingerprint density at radius 1 is 1.26 bits per heavy atom. The first-order valence-corrected chi connectivity index (χ1v) is 7.38. The average Bonchev–Trinajstić information content (AvgIpc) is 2.39. The number of rotatable bonds is 6. The molecule has 1 aromatic carbocycles. The van der Waals surface area contributed by atoms with Crippen LogP contribution >= 0.6 is 0 Å². The number of carbonyl (C=O) groups is 1. The second-order valence-electron chi connectivity index (χ2n) is 3.81. The van der Waals surface area contributed by atoms with Gasteiger partial charge in [0.1, 0.15) is 0 Å². The Morgan fingerprint density at radius 2 is 1.89 bits per heavy atom. The van der Waals surface area contributed by atoms with E-state index in [1.807, 2.05) is 0 Å². The van der Waals surface area contributed by atoms with Crippen molar-refractivity contribution in [2.24, 2.45) is 0 Å². The maximum Gasteiger partial charge on any atom is 0.406 e. The molecule has 0 saturated heterocycles. The first kappa shape index (κ1) is 15.5. The van der Waals surface area contributed by atoms with Gasteiger partial charge in [-0.25, -0.2) is 17.9 Å². The monoisotopic (exact) mass is 286 g/mol. The van der Waals surface area contributed by atoms with E-state index in [-0.39, 0.29) is 4.90 Å². The van der Waals surface area contributed by atoms with E-state index in [9.17, 15) is 13.2 Å². The van der Waals surface area contributed by atoms with E-state index in [0.29, 0.717) is 19.5 Å². The van der Waals surface area contributed by atoms with Gasteiger partial charge in [-0.15, -0.1) is 0 Å². The van der Waals surface area contributed by atoms with Crippen LogP contribution in [-0.2, 0) is 21.2 Å². The number of alkyl carbamates (subject to hydrolysis) is 1. The van der Waals surface area contributed by atoms with Crippen LogP contribution in [0, 0.1) is 0 Å². The molecule has 0 fully saturated rings. The summed E-state index contributed by atoms with van der Waals surface area (Å²) < 4.78 is 30.3. The standard InChI is InChI=1S/C12H18N2O4S/c1-3-14-19(16,17)11-6-4-10(5-7-11)8-9-13-12(15)18-2/h4-7,14H,3,8-9H2,1-2H3,(H,13,15). The maximum atomic E-state index is 11.7. The minimum absolute atomic E-state index is 0.235. The largest absolute Gasteiger partial charge is 0.453 e. The number of sulfonamides is 1. The number of hydrogen-bond donors (Lipinski definition) is 2. The Kier molecular flexibility index (Phi) is 5.78. The Hall–Kier alpha value is -1.60. The quantitative estimate of drug-likeness (QED) is 0.813. The molecule has 6 nitrogen and oxygen atoms in total. The van der Waals surface area contributed by atoms with Crippen LogP contribution in [-0.4, -0.2) is 34.7 Å². The number of nitrogens with one attached hydrogen (secondary N) is 2. The fourth-order valence-corrected chi connectivity index (χ4v) is 2.53. The Morgan fingerprint density at radius 3 is 2.42 bits per heavy atom. The lowest BCUT2D eigenvalue weighted by atomic mass is 10.1. The van der Waals surface area contributed by atoms with Crippen molar-refractivity contribution in [3.8, 4) is 0 Å². The summed E-state index contributed by atoms with van der Waals surface area (Å²) >= 11 is 0. The molecule has 0 aliphatic rings. The predicted molar refractivity (Wildman–Crippen MR) is 71.4 cm³/mol. The molecule has 1 amide bonds. The molecule has 0 bridgehead atoms. The number of methoxy groups -OCH3 is 1. The van der Waals surface area contributed by atoms with Gasteiger partial charge in [0.15, 0.2) is 0 Å². The van der Waals surface area contributed by atoms with Crippen LogP contribution in [0.25, 0.3) is 0 Å². The highest BCUT2D eigenvalue weighted by Gasteiger charge is 2.11. The number of amides is 1. The highest BCUT2D eigenvalue weighted by atomic mass is 32.2. The van der Waals surface area contributed by atoms with E-state index >= 15 is 0 Å². The van der Waals surface area contributed by atoms with Gasteiger partial charge < -0.3 is 10.1 Å². The SMILES string of the molecule is CCNS(=O)(=O)c1ccc(CCNC(=O)OC)cc1. The van der Waals surface area contributed by atoms with Crippen molar-refractivity contribution in [1.29, 1.82) is 0 Å². The zero-order chi connectivity index (χ0) is 14.3. The molecule has 0 aliphatic carbocycles. The predicted octanol–water partition coefficient (Wildman–Crippen LogP) is 0.883. The number of ether oxygens (including phenoxy) is 1. The van der Waals surface area contributed by atoms with Crippen LogP contribution in [0.5, 0.6) is 0 Å². The highest BCUT2D eigenvalue weighted by Crippen LogP contribution is 2.10. The van der Waals surface area contributed by atoms with E-state index in [2.05, 4.69) is 14.8 Å². The van der Waals surface area contributed by atoms with Crippen molar-refractivity contribution in [2.75, 3.05) is 20.2 Å². The molecular weight excluding hydrogens is 268 g/mol. The van der Waals surface area contributed by atoms with E-state index in [1.165, 1.54) is 7.11 Å². The Bertz CT molecular complexity index is 511. The van der Waals surface area contributed by atoms with Crippen LogP contribution in [0.15, 0.2) is 29.2 Å². The lowest BCUT2D eigenvalue weighted by Gasteiger charge is -2.06. The van der Waals surface area contributed by atoms with E-state index in [4.69, 9.17) is 0 Å².